The Kier molecular flexibility index (Phi) is 6.29. The molecule has 0 aliphatic rings. The van der Waals surface area contributed by atoms with Gasteiger partial charge >= 0.3 is 0 Å². The molecule has 0 aliphatic carbocycles. The molecule has 0 saturated heterocycles. The number of carbonyl (C=O) groups excluding carboxylic acids is 2. The summed E-state index contributed by atoms with van der Waals surface area (Å²) in [5, 5.41) is 5.49. The highest BCUT2D eigenvalue weighted by Gasteiger charge is 2.19. The molecule has 0 bridgehead atoms. The first kappa shape index (κ1) is 17.1. The van der Waals surface area contributed by atoms with Crippen molar-refractivity contribution in [3.05, 3.63) is 54.4 Å². The molecule has 2 amide bonds. The van der Waals surface area contributed by atoms with Crippen LogP contribution in [0, 0.1) is 0 Å². The van der Waals surface area contributed by atoms with Gasteiger partial charge in [-0.2, -0.15) is 11.8 Å². The van der Waals surface area contributed by atoms with E-state index in [-0.39, 0.29) is 17.9 Å². The monoisotopic (exact) mass is 331 g/mol. The molecule has 0 fully saturated rings. The zero-order valence-electron chi connectivity index (χ0n) is 13.3. The number of carbonyl (C=O) groups is 2. The second-order valence-electron chi connectivity index (χ2n) is 5.07. The fourth-order valence-electron chi connectivity index (χ4n) is 2.28. The maximum absolute atomic E-state index is 12.6. The van der Waals surface area contributed by atoms with E-state index in [0.717, 1.165) is 12.2 Å². The van der Waals surface area contributed by atoms with Crippen molar-refractivity contribution in [2.24, 2.45) is 0 Å². The van der Waals surface area contributed by atoms with Gasteiger partial charge in [-0.3, -0.25) is 9.59 Å². The van der Waals surface area contributed by atoms with E-state index in [2.05, 4.69) is 10.6 Å². The lowest BCUT2D eigenvalue weighted by atomic mass is 10.1. The van der Waals surface area contributed by atoms with E-state index in [1.165, 1.54) is 0 Å². The lowest BCUT2D eigenvalue weighted by Gasteiger charge is -2.18. The molecule has 23 heavy (non-hydrogen) atoms. The van der Waals surface area contributed by atoms with Gasteiger partial charge in [-0.05, 0) is 54.8 Å². The van der Waals surface area contributed by atoms with E-state index in [0.29, 0.717) is 11.3 Å². The van der Waals surface area contributed by atoms with Crippen molar-refractivity contribution in [1.29, 1.82) is 0 Å². The zero-order valence-corrected chi connectivity index (χ0v) is 14.1. The van der Waals surface area contributed by atoms with Crippen molar-refractivity contribution in [2.45, 2.75) is 12.5 Å². The Hall–Kier alpha value is -2.21. The molecule has 6 heteroatoms. The molecule has 2 rings (SSSR count). The molecule has 0 saturated carbocycles. The van der Waals surface area contributed by atoms with Crippen molar-refractivity contribution < 1.29 is 9.59 Å². The lowest BCUT2D eigenvalue weighted by Crippen LogP contribution is -2.26. The third-order valence-electron chi connectivity index (χ3n) is 3.53. The molecule has 0 unspecified atom stereocenters. The Labute approximate surface area is 140 Å². The summed E-state index contributed by atoms with van der Waals surface area (Å²) in [4.78, 5) is 24.1. The molecular formula is C17H21N3O2S. The SMILES string of the molecule is CNC(=O)c1ccc(NC(=O)[C@@H](CCSC)n2cccc2)cc1. The predicted octanol–water partition coefficient (Wildman–Crippen LogP) is 2.78. The first-order chi connectivity index (χ1) is 11.2. The molecule has 1 aromatic heterocycles. The molecule has 0 aliphatic heterocycles. The number of benzene rings is 1. The lowest BCUT2D eigenvalue weighted by molar-refractivity contribution is -0.119. The summed E-state index contributed by atoms with van der Waals surface area (Å²) in [5.74, 6) is 0.710. The van der Waals surface area contributed by atoms with E-state index in [4.69, 9.17) is 0 Å². The minimum Gasteiger partial charge on any atom is -0.355 e. The molecule has 1 aromatic carbocycles. The Morgan fingerprint density at radius 1 is 1.17 bits per heavy atom. The fraction of sp³-hybridized carbons (Fsp3) is 0.294. The van der Waals surface area contributed by atoms with Gasteiger partial charge in [0.05, 0.1) is 0 Å². The van der Waals surface area contributed by atoms with Crippen molar-refractivity contribution in [1.82, 2.24) is 9.88 Å². The maximum atomic E-state index is 12.6. The second-order valence-corrected chi connectivity index (χ2v) is 6.06. The average Bonchev–Trinajstić information content (AvgIpc) is 3.09. The molecule has 122 valence electrons. The number of thioether (sulfide) groups is 1. The van der Waals surface area contributed by atoms with Crippen molar-refractivity contribution in [2.75, 3.05) is 24.4 Å². The average molecular weight is 331 g/mol. The van der Waals surface area contributed by atoms with Crippen LogP contribution < -0.4 is 10.6 Å². The molecule has 2 aromatic rings. The predicted molar refractivity (Wildman–Crippen MR) is 94.9 cm³/mol. The van der Waals surface area contributed by atoms with Crippen LogP contribution in [-0.4, -0.2) is 35.4 Å². The van der Waals surface area contributed by atoms with E-state index in [1.807, 2.05) is 35.3 Å². The summed E-state index contributed by atoms with van der Waals surface area (Å²) < 4.78 is 1.92. The summed E-state index contributed by atoms with van der Waals surface area (Å²) in [5.41, 5.74) is 1.25. The maximum Gasteiger partial charge on any atom is 0.251 e. The van der Waals surface area contributed by atoms with Gasteiger partial charge in [-0.1, -0.05) is 0 Å². The Balaban J connectivity index is 2.07. The van der Waals surface area contributed by atoms with Gasteiger partial charge in [0.15, 0.2) is 0 Å². The Bertz CT molecular complexity index is 638. The van der Waals surface area contributed by atoms with Crippen LogP contribution in [0.5, 0.6) is 0 Å². The van der Waals surface area contributed by atoms with Gasteiger partial charge < -0.3 is 15.2 Å². The van der Waals surface area contributed by atoms with Crippen LogP contribution in [0.15, 0.2) is 48.8 Å². The summed E-state index contributed by atoms with van der Waals surface area (Å²) in [6.07, 6.45) is 6.60. The van der Waals surface area contributed by atoms with E-state index in [9.17, 15) is 9.59 Å². The van der Waals surface area contributed by atoms with Crippen LogP contribution in [0.25, 0.3) is 0 Å². The van der Waals surface area contributed by atoms with Crippen LogP contribution >= 0.6 is 11.8 Å². The number of aromatic nitrogens is 1. The van der Waals surface area contributed by atoms with Crippen LogP contribution in [0.2, 0.25) is 0 Å². The summed E-state index contributed by atoms with van der Waals surface area (Å²) in [6.45, 7) is 0. The summed E-state index contributed by atoms with van der Waals surface area (Å²) in [6, 6.07) is 10.5. The topological polar surface area (TPSA) is 63.1 Å². The molecule has 0 spiro atoms. The normalized spacial score (nSPS) is 11.7. The van der Waals surface area contributed by atoms with Gasteiger partial charge in [0.2, 0.25) is 5.91 Å². The first-order valence-electron chi connectivity index (χ1n) is 7.40. The number of rotatable bonds is 7. The highest BCUT2D eigenvalue weighted by Crippen LogP contribution is 2.18. The van der Waals surface area contributed by atoms with Gasteiger partial charge in [-0.15, -0.1) is 0 Å². The number of amides is 2. The van der Waals surface area contributed by atoms with Crippen molar-refractivity contribution >= 4 is 29.3 Å². The van der Waals surface area contributed by atoms with Crippen LogP contribution in [0.1, 0.15) is 22.8 Å². The summed E-state index contributed by atoms with van der Waals surface area (Å²) >= 11 is 1.72. The van der Waals surface area contributed by atoms with Gasteiger partial charge in [0.1, 0.15) is 6.04 Å². The fourth-order valence-corrected chi connectivity index (χ4v) is 2.73. The highest BCUT2D eigenvalue weighted by atomic mass is 32.2. The van der Waals surface area contributed by atoms with Gasteiger partial charge in [0.25, 0.3) is 5.91 Å². The standard InChI is InChI=1S/C17H21N3O2S/c1-18-16(21)13-5-7-14(8-6-13)19-17(22)15(9-12-23-2)20-10-3-4-11-20/h3-8,10-11,15H,9,12H2,1-2H3,(H,18,21)(H,19,22)/t15-/m1/s1. The smallest absolute Gasteiger partial charge is 0.251 e. The van der Waals surface area contributed by atoms with E-state index in [1.54, 1.807) is 43.1 Å². The quantitative estimate of drug-likeness (QED) is 0.820. The Morgan fingerprint density at radius 3 is 2.39 bits per heavy atom. The minimum absolute atomic E-state index is 0.0528. The second kappa shape index (κ2) is 8.43. The number of hydrogen-bond donors (Lipinski definition) is 2. The van der Waals surface area contributed by atoms with Crippen LogP contribution in [-0.2, 0) is 4.79 Å². The largest absolute Gasteiger partial charge is 0.355 e. The number of hydrogen-bond acceptors (Lipinski definition) is 3. The minimum atomic E-state index is -0.240. The van der Waals surface area contributed by atoms with Crippen molar-refractivity contribution in [3.63, 3.8) is 0 Å². The van der Waals surface area contributed by atoms with Crippen LogP contribution in [0.3, 0.4) is 0 Å². The third kappa shape index (κ3) is 4.63. The van der Waals surface area contributed by atoms with Crippen LogP contribution in [0.4, 0.5) is 5.69 Å². The molecule has 0 radical (unpaired) electrons. The van der Waals surface area contributed by atoms with Gasteiger partial charge in [0, 0.05) is 30.7 Å². The molecule has 1 heterocycles. The number of nitrogens with zero attached hydrogens (tertiary/aromatic N) is 1. The van der Waals surface area contributed by atoms with Gasteiger partial charge in [-0.25, -0.2) is 0 Å². The third-order valence-corrected chi connectivity index (χ3v) is 4.17. The molecule has 5 nitrogen and oxygen atoms in total. The molecule has 1 atom stereocenters. The molecule has 2 N–H and O–H groups in total. The van der Waals surface area contributed by atoms with E-state index >= 15 is 0 Å². The zero-order chi connectivity index (χ0) is 16.7. The number of anilines is 1. The van der Waals surface area contributed by atoms with E-state index < -0.39 is 0 Å². The van der Waals surface area contributed by atoms with Crippen molar-refractivity contribution in [3.8, 4) is 0 Å². The highest BCUT2D eigenvalue weighted by molar-refractivity contribution is 7.98. The number of nitrogens with one attached hydrogen (secondary N) is 2. The Morgan fingerprint density at radius 2 is 1.83 bits per heavy atom. The first-order valence-corrected chi connectivity index (χ1v) is 8.79. The summed E-state index contributed by atoms with van der Waals surface area (Å²) in [7, 11) is 1.59. The molecular weight excluding hydrogens is 310 g/mol.